The van der Waals surface area contributed by atoms with E-state index in [1.54, 1.807) is 7.11 Å². The minimum absolute atomic E-state index is 0.0780. The number of ether oxygens (including phenoxy) is 1. The van der Waals surface area contributed by atoms with Gasteiger partial charge in [0.05, 0.1) is 22.8 Å². The Balaban J connectivity index is 1.97. The van der Waals surface area contributed by atoms with E-state index < -0.39 is 6.09 Å². The molecule has 1 aromatic carbocycles. The molecule has 0 radical (unpaired) electrons. The number of nitrogens with two attached hydrogens (primary N) is 1. The molecular weight excluding hydrogens is 310 g/mol. The van der Waals surface area contributed by atoms with E-state index in [1.807, 2.05) is 19.1 Å². The first-order valence-corrected chi connectivity index (χ1v) is 7.99. The highest BCUT2D eigenvalue weighted by atomic mass is 16.5. The average molecular weight is 333 g/mol. The first-order valence-electron chi connectivity index (χ1n) is 7.99. The molecular formula is C16H23N5O3. The molecule has 1 aliphatic rings. The van der Waals surface area contributed by atoms with E-state index in [0.29, 0.717) is 13.0 Å². The molecule has 0 aliphatic carbocycles. The van der Waals surface area contributed by atoms with E-state index in [1.165, 1.54) is 0 Å². The van der Waals surface area contributed by atoms with Crippen LogP contribution >= 0.6 is 0 Å². The molecule has 8 heteroatoms. The Kier molecular flexibility index (Phi) is 4.59. The lowest BCUT2D eigenvalue weighted by molar-refractivity contribution is 0.109. The van der Waals surface area contributed by atoms with Gasteiger partial charge in [0.15, 0.2) is 0 Å². The van der Waals surface area contributed by atoms with Gasteiger partial charge in [0, 0.05) is 26.6 Å². The number of amides is 1. The summed E-state index contributed by atoms with van der Waals surface area (Å²) < 4.78 is 5.21. The van der Waals surface area contributed by atoms with Crippen LogP contribution in [0.4, 0.5) is 10.5 Å². The zero-order valence-corrected chi connectivity index (χ0v) is 13.9. The number of imidazole rings is 1. The summed E-state index contributed by atoms with van der Waals surface area (Å²) in [6.07, 6.45) is -0.0290. The van der Waals surface area contributed by atoms with E-state index in [4.69, 9.17) is 15.6 Å². The Labute approximate surface area is 140 Å². The summed E-state index contributed by atoms with van der Waals surface area (Å²) >= 11 is 0. The molecule has 0 spiro atoms. The number of fused-ring (bicyclic) bond motifs is 1. The topological polar surface area (TPSA) is 117 Å². The van der Waals surface area contributed by atoms with Crippen molar-refractivity contribution in [2.45, 2.75) is 32.0 Å². The van der Waals surface area contributed by atoms with Gasteiger partial charge in [-0.3, -0.25) is 0 Å². The van der Waals surface area contributed by atoms with Gasteiger partial charge < -0.3 is 30.8 Å². The van der Waals surface area contributed by atoms with E-state index in [-0.39, 0.29) is 12.3 Å². The van der Waals surface area contributed by atoms with Gasteiger partial charge in [-0.25, -0.2) is 9.78 Å². The number of aromatic nitrogens is 2. The fourth-order valence-electron chi connectivity index (χ4n) is 3.31. The van der Waals surface area contributed by atoms with Gasteiger partial charge >= 0.3 is 6.09 Å². The molecule has 8 nitrogen and oxygen atoms in total. The van der Waals surface area contributed by atoms with Gasteiger partial charge in [-0.2, -0.15) is 0 Å². The van der Waals surface area contributed by atoms with Gasteiger partial charge in [0.1, 0.15) is 12.1 Å². The Morgan fingerprint density at radius 3 is 3.12 bits per heavy atom. The summed E-state index contributed by atoms with van der Waals surface area (Å²) in [5.41, 5.74) is 9.92. The Morgan fingerprint density at radius 1 is 1.62 bits per heavy atom. The van der Waals surface area contributed by atoms with Gasteiger partial charge in [-0.1, -0.05) is 6.07 Å². The van der Waals surface area contributed by atoms with Crippen LogP contribution in [0, 0.1) is 6.92 Å². The number of methoxy groups -OCH3 is 1. The Hall–Kier alpha value is -2.32. The van der Waals surface area contributed by atoms with E-state index in [2.05, 4.69) is 20.2 Å². The normalized spacial score (nSPS) is 19.0. The standard InChI is InChI=1S/C16H23N5O3/c1-9-18-12-4-3-10(7-13(17)24-2)15(14(12)19-9)21-6-5-11(8-21)20-16(22)23/h3-4,11,13,20H,5-8,17H2,1-2H3,(H,18,19)(H,22,23)/t11-,13-/m0/s1. The number of rotatable bonds is 5. The molecule has 0 unspecified atom stereocenters. The lowest BCUT2D eigenvalue weighted by atomic mass is 10.1. The molecule has 2 atom stereocenters. The highest BCUT2D eigenvalue weighted by Gasteiger charge is 2.27. The van der Waals surface area contributed by atoms with E-state index in [9.17, 15) is 4.79 Å². The van der Waals surface area contributed by atoms with Crippen LogP contribution in [0.5, 0.6) is 0 Å². The second-order valence-corrected chi connectivity index (χ2v) is 6.15. The second-order valence-electron chi connectivity index (χ2n) is 6.15. The molecule has 130 valence electrons. The second kappa shape index (κ2) is 6.66. The molecule has 1 fully saturated rings. The highest BCUT2D eigenvalue weighted by molar-refractivity contribution is 5.91. The summed E-state index contributed by atoms with van der Waals surface area (Å²) in [7, 11) is 1.59. The first kappa shape index (κ1) is 16.5. The van der Waals surface area contributed by atoms with Crippen molar-refractivity contribution in [3.05, 3.63) is 23.5 Å². The van der Waals surface area contributed by atoms with Crippen molar-refractivity contribution in [1.29, 1.82) is 0 Å². The van der Waals surface area contributed by atoms with Crippen LogP contribution < -0.4 is 16.0 Å². The predicted octanol–water partition coefficient (Wildman–Crippen LogP) is 1.19. The van der Waals surface area contributed by atoms with Crippen molar-refractivity contribution in [3.8, 4) is 0 Å². The fourth-order valence-corrected chi connectivity index (χ4v) is 3.31. The number of aromatic amines is 1. The molecule has 1 amide bonds. The van der Waals surface area contributed by atoms with E-state index >= 15 is 0 Å². The molecule has 2 heterocycles. The maximum Gasteiger partial charge on any atom is 0.404 e. The smallest absolute Gasteiger partial charge is 0.404 e. The lowest BCUT2D eigenvalue weighted by Gasteiger charge is -2.24. The summed E-state index contributed by atoms with van der Waals surface area (Å²) in [5.74, 6) is 0.846. The number of nitrogens with zero attached hydrogens (tertiary/aromatic N) is 2. The fraction of sp³-hybridized carbons (Fsp3) is 0.500. The third kappa shape index (κ3) is 3.29. The van der Waals surface area contributed by atoms with Crippen LogP contribution in [0.1, 0.15) is 17.8 Å². The van der Waals surface area contributed by atoms with E-state index in [0.717, 1.165) is 41.1 Å². The van der Waals surface area contributed by atoms with Gasteiger partial charge in [0.25, 0.3) is 0 Å². The number of carboxylic acid groups (broad SMARTS) is 1. The van der Waals surface area contributed by atoms with Gasteiger partial charge in [-0.15, -0.1) is 0 Å². The SMILES string of the molecule is CO[C@H](N)Cc1ccc2nc(C)[nH]c2c1N1CC[C@H](NC(=O)O)C1. The molecule has 0 bridgehead atoms. The molecule has 0 saturated carbocycles. The molecule has 2 aromatic rings. The van der Waals surface area contributed by atoms with Crippen molar-refractivity contribution in [2.75, 3.05) is 25.1 Å². The number of anilines is 1. The number of hydrogen-bond acceptors (Lipinski definition) is 5. The Bertz CT molecular complexity index is 745. The molecule has 1 saturated heterocycles. The van der Waals surface area contributed by atoms with Crippen molar-refractivity contribution >= 4 is 22.8 Å². The van der Waals surface area contributed by atoms with Crippen molar-refractivity contribution < 1.29 is 14.6 Å². The predicted molar refractivity (Wildman–Crippen MR) is 91.3 cm³/mol. The lowest BCUT2D eigenvalue weighted by Crippen LogP contribution is -2.36. The van der Waals surface area contributed by atoms with Crippen LogP contribution in [-0.2, 0) is 11.2 Å². The maximum atomic E-state index is 10.9. The maximum absolute atomic E-state index is 10.9. The third-order valence-corrected chi connectivity index (χ3v) is 4.39. The van der Waals surface area contributed by atoms with Crippen LogP contribution in [0.2, 0.25) is 0 Å². The van der Waals surface area contributed by atoms with Crippen molar-refractivity contribution in [3.63, 3.8) is 0 Å². The summed E-state index contributed by atoms with van der Waals surface area (Å²) in [4.78, 5) is 20.9. The van der Waals surface area contributed by atoms with Gasteiger partial charge in [0.2, 0.25) is 0 Å². The van der Waals surface area contributed by atoms with Crippen molar-refractivity contribution in [2.24, 2.45) is 5.73 Å². The molecule has 24 heavy (non-hydrogen) atoms. The molecule has 1 aliphatic heterocycles. The number of H-pyrrole nitrogens is 1. The minimum Gasteiger partial charge on any atom is -0.465 e. The number of nitrogens with one attached hydrogen (secondary N) is 2. The first-order chi connectivity index (χ1) is 11.5. The van der Waals surface area contributed by atoms with Crippen LogP contribution in [0.3, 0.4) is 0 Å². The summed E-state index contributed by atoms with van der Waals surface area (Å²) in [6, 6.07) is 3.92. The van der Waals surface area contributed by atoms with Gasteiger partial charge in [-0.05, 0) is 25.0 Å². The number of aryl methyl sites for hydroxylation is 1. The largest absolute Gasteiger partial charge is 0.465 e. The summed E-state index contributed by atoms with van der Waals surface area (Å²) in [5, 5.41) is 11.5. The zero-order chi connectivity index (χ0) is 17.3. The minimum atomic E-state index is -0.987. The monoisotopic (exact) mass is 333 g/mol. The Morgan fingerprint density at radius 2 is 2.42 bits per heavy atom. The molecule has 3 rings (SSSR count). The molecule has 5 N–H and O–H groups in total. The highest BCUT2D eigenvalue weighted by Crippen LogP contribution is 2.33. The quantitative estimate of drug-likeness (QED) is 0.611. The average Bonchev–Trinajstić information content (AvgIpc) is 3.11. The summed E-state index contributed by atoms with van der Waals surface area (Å²) in [6.45, 7) is 3.32. The molecule has 1 aromatic heterocycles. The number of carbonyl (C=O) groups is 1. The zero-order valence-electron chi connectivity index (χ0n) is 13.9. The van der Waals surface area contributed by atoms with Crippen molar-refractivity contribution in [1.82, 2.24) is 15.3 Å². The number of hydrogen-bond donors (Lipinski definition) is 4. The van der Waals surface area contributed by atoms with Crippen LogP contribution in [-0.4, -0.2) is 53.6 Å². The third-order valence-electron chi connectivity index (χ3n) is 4.39. The number of benzene rings is 1. The van der Waals surface area contributed by atoms with Crippen LogP contribution in [0.25, 0.3) is 11.0 Å². The van der Waals surface area contributed by atoms with Crippen LogP contribution in [0.15, 0.2) is 12.1 Å².